The molecule has 1 aliphatic heterocycles. The second-order valence-electron chi connectivity index (χ2n) is 6.45. The van der Waals surface area contributed by atoms with Gasteiger partial charge in [-0.25, -0.2) is 4.98 Å². The Balaban J connectivity index is 1.71. The number of pyridine rings is 1. The van der Waals surface area contributed by atoms with Crippen LogP contribution in [-0.2, 0) is 4.79 Å². The lowest BCUT2D eigenvalue weighted by Gasteiger charge is -2.27. The number of anilines is 2. The van der Waals surface area contributed by atoms with Crippen LogP contribution in [0.5, 0.6) is 5.75 Å². The number of aromatic nitrogens is 3. The summed E-state index contributed by atoms with van der Waals surface area (Å²) in [7, 11) is 0. The Morgan fingerprint density at radius 2 is 1.70 bits per heavy atom. The lowest BCUT2D eigenvalue weighted by atomic mass is 10.1. The molecule has 27 heavy (non-hydrogen) atoms. The third-order valence-electron chi connectivity index (χ3n) is 4.66. The predicted molar refractivity (Wildman–Crippen MR) is 103 cm³/mol. The maximum atomic E-state index is 11.5. The van der Waals surface area contributed by atoms with E-state index in [1.807, 2.05) is 24.3 Å². The third kappa shape index (κ3) is 3.44. The van der Waals surface area contributed by atoms with Crippen LogP contribution in [0.15, 0.2) is 48.5 Å². The Labute approximate surface area is 156 Å². The van der Waals surface area contributed by atoms with E-state index >= 15 is 0 Å². The van der Waals surface area contributed by atoms with Crippen LogP contribution in [0.4, 0.5) is 11.6 Å². The molecule has 1 fully saturated rings. The summed E-state index contributed by atoms with van der Waals surface area (Å²) in [5, 5.41) is 18.2. The maximum Gasteiger partial charge on any atom is 0.155 e. The van der Waals surface area contributed by atoms with Crippen molar-refractivity contribution in [2.75, 3.05) is 23.7 Å². The number of nitrogens with two attached hydrogens (primary N) is 1. The van der Waals surface area contributed by atoms with Gasteiger partial charge in [0.05, 0.1) is 11.4 Å². The van der Waals surface area contributed by atoms with Crippen molar-refractivity contribution in [3.05, 3.63) is 48.5 Å². The molecule has 1 aliphatic rings. The Kier molecular flexibility index (Phi) is 4.42. The van der Waals surface area contributed by atoms with Gasteiger partial charge in [-0.1, -0.05) is 18.2 Å². The number of Topliss-reactive ketones (excluding diaryl/α,β-unsaturated/α-hetero) is 1. The summed E-state index contributed by atoms with van der Waals surface area (Å²) < 4.78 is 0. The third-order valence-corrected chi connectivity index (χ3v) is 4.66. The summed E-state index contributed by atoms with van der Waals surface area (Å²) in [6, 6.07) is 14.4. The number of phenols is 1. The smallest absolute Gasteiger partial charge is 0.155 e. The molecule has 0 atom stereocenters. The van der Waals surface area contributed by atoms with Gasteiger partial charge in [0.25, 0.3) is 0 Å². The van der Waals surface area contributed by atoms with Gasteiger partial charge in [-0.15, -0.1) is 10.2 Å². The van der Waals surface area contributed by atoms with Crippen LogP contribution >= 0.6 is 0 Å². The molecular weight excluding hydrogens is 342 g/mol. The topological polar surface area (TPSA) is 105 Å². The van der Waals surface area contributed by atoms with Crippen LogP contribution in [-0.4, -0.2) is 39.2 Å². The van der Waals surface area contributed by atoms with Crippen molar-refractivity contribution < 1.29 is 9.90 Å². The number of rotatable bonds is 3. The summed E-state index contributed by atoms with van der Waals surface area (Å²) in [5.41, 5.74) is 8.48. The van der Waals surface area contributed by atoms with E-state index in [0.717, 1.165) is 5.82 Å². The summed E-state index contributed by atoms with van der Waals surface area (Å²) in [5.74, 6) is 1.49. The fourth-order valence-corrected chi connectivity index (χ4v) is 3.16. The van der Waals surface area contributed by atoms with Gasteiger partial charge in [0.15, 0.2) is 5.82 Å². The van der Waals surface area contributed by atoms with E-state index in [1.54, 1.807) is 24.3 Å². The van der Waals surface area contributed by atoms with Gasteiger partial charge < -0.3 is 15.7 Å². The van der Waals surface area contributed by atoms with Gasteiger partial charge >= 0.3 is 0 Å². The van der Waals surface area contributed by atoms with Crippen LogP contribution in [0.2, 0.25) is 0 Å². The monoisotopic (exact) mass is 361 g/mol. The number of para-hydroxylation sites is 1. The van der Waals surface area contributed by atoms with E-state index in [0.29, 0.717) is 48.4 Å². The number of carbonyl (C=O) groups excluding carboxylic acids is 1. The van der Waals surface area contributed by atoms with Gasteiger partial charge in [-0.3, -0.25) is 4.79 Å². The van der Waals surface area contributed by atoms with Crippen LogP contribution in [0.1, 0.15) is 12.8 Å². The summed E-state index contributed by atoms with van der Waals surface area (Å²) >= 11 is 0. The first-order chi connectivity index (χ1) is 13.1. The van der Waals surface area contributed by atoms with Gasteiger partial charge in [-0.2, -0.15) is 0 Å². The quantitative estimate of drug-likeness (QED) is 0.739. The standard InChI is InChI=1S/C20H19N5O2/c21-20-15(12-17(23-24-20)14-4-1-2-6-18(14)27)16-5-3-7-19(22-16)25-10-8-13(26)9-11-25/h1-7,12,27H,8-11H2,(H2,21,24). The first-order valence-electron chi connectivity index (χ1n) is 8.77. The predicted octanol–water partition coefficient (Wildman–Crippen LogP) is 2.66. The highest BCUT2D eigenvalue weighted by atomic mass is 16.3. The van der Waals surface area contributed by atoms with Crippen molar-refractivity contribution in [1.29, 1.82) is 0 Å². The molecule has 2 aromatic heterocycles. The molecule has 0 saturated carbocycles. The highest BCUT2D eigenvalue weighted by Gasteiger charge is 2.18. The summed E-state index contributed by atoms with van der Waals surface area (Å²) in [4.78, 5) is 18.3. The SMILES string of the molecule is Nc1nnc(-c2ccccc2O)cc1-c1cccc(N2CCC(=O)CC2)n1. The Bertz CT molecular complexity index is 995. The lowest BCUT2D eigenvalue weighted by molar-refractivity contribution is -0.119. The Morgan fingerprint density at radius 1 is 0.926 bits per heavy atom. The highest BCUT2D eigenvalue weighted by Crippen LogP contribution is 2.32. The Hall–Kier alpha value is -3.48. The maximum absolute atomic E-state index is 11.5. The number of nitrogens with zero attached hydrogens (tertiary/aromatic N) is 4. The van der Waals surface area contributed by atoms with Gasteiger partial charge in [0, 0.05) is 37.1 Å². The van der Waals surface area contributed by atoms with E-state index in [2.05, 4.69) is 15.1 Å². The van der Waals surface area contributed by atoms with E-state index in [1.165, 1.54) is 0 Å². The highest BCUT2D eigenvalue weighted by molar-refractivity contribution is 5.81. The van der Waals surface area contributed by atoms with Crippen LogP contribution in [0.3, 0.4) is 0 Å². The molecule has 0 radical (unpaired) electrons. The molecule has 136 valence electrons. The molecule has 7 heteroatoms. The number of ketones is 1. The molecule has 3 aromatic rings. The number of carbonyl (C=O) groups is 1. The number of hydrogen-bond acceptors (Lipinski definition) is 7. The second-order valence-corrected chi connectivity index (χ2v) is 6.45. The van der Waals surface area contributed by atoms with Crippen molar-refractivity contribution >= 4 is 17.4 Å². The zero-order valence-corrected chi connectivity index (χ0v) is 14.7. The molecule has 3 heterocycles. The van der Waals surface area contributed by atoms with E-state index in [4.69, 9.17) is 10.7 Å². The molecule has 0 unspecified atom stereocenters. The fraction of sp³-hybridized carbons (Fsp3) is 0.200. The van der Waals surface area contributed by atoms with Crippen LogP contribution in [0.25, 0.3) is 22.5 Å². The van der Waals surface area contributed by atoms with E-state index in [-0.39, 0.29) is 17.4 Å². The molecule has 0 spiro atoms. The number of aromatic hydroxyl groups is 1. The normalized spacial score (nSPS) is 14.4. The van der Waals surface area contributed by atoms with Crippen molar-refractivity contribution in [2.24, 2.45) is 0 Å². The van der Waals surface area contributed by atoms with Gasteiger partial charge in [0.2, 0.25) is 0 Å². The zero-order chi connectivity index (χ0) is 18.8. The molecule has 1 aromatic carbocycles. The first kappa shape index (κ1) is 17.0. The van der Waals surface area contributed by atoms with Crippen molar-refractivity contribution in [3.8, 4) is 28.3 Å². The lowest BCUT2D eigenvalue weighted by Crippen LogP contribution is -2.34. The van der Waals surface area contributed by atoms with Gasteiger partial charge in [-0.05, 0) is 30.3 Å². The fourth-order valence-electron chi connectivity index (χ4n) is 3.16. The minimum Gasteiger partial charge on any atom is -0.507 e. The minimum atomic E-state index is 0.127. The average Bonchev–Trinajstić information content (AvgIpc) is 2.70. The number of piperidine rings is 1. The molecule has 0 aliphatic carbocycles. The summed E-state index contributed by atoms with van der Waals surface area (Å²) in [6.45, 7) is 1.34. The summed E-state index contributed by atoms with van der Waals surface area (Å²) in [6.07, 6.45) is 1.09. The number of phenolic OH excluding ortho intramolecular Hbond substituents is 1. The van der Waals surface area contributed by atoms with E-state index in [9.17, 15) is 9.90 Å². The number of benzene rings is 1. The van der Waals surface area contributed by atoms with Crippen LogP contribution < -0.4 is 10.6 Å². The zero-order valence-electron chi connectivity index (χ0n) is 14.7. The molecule has 0 bridgehead atoms. The molecule has 4 rings (SSSR count). The Morgan fingerprint density at radius 3 is 2.48 bits per heavy atom. The molecule has 0 amide bonds. The average molecular weight is 361 g/mol. The van der Waals surface area contributed by atoms with Crippen molar-refractivity contribution in [3.63, 3.8) is 0 Å². The number of hydrogen-bond donors (Lipinski definition) is 2. The van der Waals surface area contributed by atoms with Crippen LogP contribution in [0, 0.1) is 0 Å². The first-order valence-corrected chi connectivity index (χ1v) is 8.77. The van der Waals surface area contributed by atoms with Gasteiger partial charge in [0.1, 0.15) is 17.4 Å². The molecule has 1 saturated heterocycles. The van der Waals surface area contributed by atoms with Crippen molar-refractivity contribution in [1.82, 2.24) is 15.2 Å². The molecule has 7 nitrogen and oxygen atoms in total. The molecule has 3 N–H and O–H groups in total. The van der Waals surface area contributed by atoms with E-state index < -0.39 is 0 Å². The largest absolute Gasteiger partial charge is 0.507 e. The number of nitrogen functional groups attached to an aromatic ring is 1. The minimum absolute atomic E-state index is 0.127. The van der Waals surface area contributed by atoms with Crippen molar-refractivity contribution in [2.45, 2.75) is 12.8 Å². The molecular formula is C20H19N5O2. The second kappa shape index (κ2) is 7.03.